The largest absolute Gasteiger partial charge is 0.493 e. The van der Waals surface area contributed by atoms with Crippen molar-refractivity contribution >= 4 is 29.2 Å². The molecule has 0 radical (unpaired) electrons. The van der Waals surface area contributed by atoms with Crippen LogP contribution < -0.4 is 10.1 Å². The van der Waals surface area contributed by atoms with Gasteiger partial charge in [-0.05, 0) is 68.5 Å². The molecule has 2 unspecified atom stereocenters. The SMILES string of the molecule is Cc1nnc(C2CCCN2C(=O)NC2CCCOc3ccc(Cl)cc32)n1Cc1ccc(Cl)cc1. The maximum Gasteiger partial charge on any atom is 0.318 e. The standard InChI is InChI=1S/C25H27Cl2N5O2/c1-16-29-30-24(32(16)15-17-6-8-18(26)9-7-17)22-5-2-12-31(22)25(33)28-21-4-3-13-34-23-11-10-19(27)14-20(21)23/h6-11,14,21-22H,2-5,12-13,15H2,1H3,(H,28,33). The Morgan fingerprint density at radius 1 is 1.09 bits per heavy atom. The van der Waals surface area contributed by atoms with Gasteiger partial charge in [-0.3, -0.25) is 0 Å². The van der Waals surface area contributed by atoms with E-state index in [1.165, 1.54) is 0 Å². The average molecular weight is 500 g/mol. The molecule has 178 valence electrons. The van der Waals surface area contributed by atoms with Gasteiger partial charge in [-0.2, -0.15) is 0 Å². The van der Waals surface area contributed by atoms with E-state index >= 15 is 0 Å². The molecule has 2 aliphatic rings. The minimum absolute atomic E-state index is 0.0981. The summed E-state index contributed by atoms with van der Waals surface area (Å²) in [6.07, 6.45) is 3.42. The van der Waals surface area contributed by atoms with Crippen LogP contribution in [-0.4, -0.2) is 38.8 Å². The first-order chi connectivity index (χ1) is 16.5. The molecule has 2 aliphatic heterocycles. The number of halogens is 2. The van der Waals surface area contributed by atoms with Gasteiger partial charge in [0.2, 0.25) is 0 Å². The number of nitrogens with one attached hydrogen (secondary N) is 1. The fraction of sp³-hybridized carbons (Fsp3) is 0.400. The Bertz CT molecular complexity index is 1180. The van der Waals surface area contributed by atoms with Gasteiger partial charge in [0, 0.05) is 22.2 Å². The van der Waals surface area contributed by atoms with Gasteiger partial charge in [0.05, 0.1) is 25.2 Å². The Hall–Kier alpha value is -2.77. The molecule has 1 N–H and O–H groups in total. The Morgan fingerprint density at radius 3 is 2.71 bits per heavy atom. The van der Waals surface area contributed by atoms with Crippen LogP contribution in [0.25, 0.3) is 0 Å². The van der Waals surface area contributed by atoms with Crippen LogP contribution in [0, 0.1) is 6.92 Å². The monoisotopic (exact) mass is 499 g/mol. The van der Waals surface area contributed by atoms with E-state index in [0.29, 0.717) is 29.7 Å². The first-order valence-corrected chi connectivity index (χ1v) is 12.4. The molecule has 9 heteroatoms. The number of benzene rings is 2. The van der Waals surface area contributed by atoms with Gasteiger partial charge in [-0.15, -0.1) is 10.2 Å². The van der Waals surface area contributed by atoms with Crippen LogP contribution in [0.15, 0.2) is 42.5 Å². The highest BCUT2D eigenvalue weighted by molar-refractivity contribution is 6.30. The molecule has 0 bridgehead atoms. The number of ether oxygens (including phenoxy) is 1. The van der Waals surface area contributed by atoms with Crippen molar-refractivity contribution in [1.82, 2.24) is 25.0 Å². The molecule has 3 heterocycles. The van der Waals surface area contributed by atoms with Crippen LogP contribution in [0.1, 0.15) is 60.5 Å². The maximum atomic E-state index is 13.5. The van der Waals surface area contributed by atoms with Gasteiger partial charge in [-0.25, -0.2) is 4.79 Å². The number of aryl methyl sites for hydroxylation is 1. The van der Waals surface area contributed by atoms with Crippen molar-refractivity contribution in [3.05, 3.63) is 75.3 Å². The molecule has 2 aromatic carbocycles. The molecular weight excluding hydrogens is 473 g/mol. The molecule has 0 saturated carbocycles. The molecule has 1 fully saturated rings. The zero-order chi connectivity index (χ0) is 23.7. The van der Waals surface area contributed by atoms with Crippen molar-refractivity contribution in [2.45, 2.75) is 51.2 Å². The van der Waals surface area contributed by atoms with Crippen molar-refractivity contribution in [1.29, 1.82) is 0 Å². The van der Waals surface area contributed by atoms with Gasteiger partial charge in [0.15, 0.2) is 5.82 Å². The molecule has 1 saturated heterocycles. The second kappa shape index (κ2) is 9.84. The second-order valence-electron chi connectivity index (χ2n) is 8.84. The van der Waals surface area contributed by atoms with Crippen molar-refractivity contribution in [3.63, 3.8) is 0 Å². The summed E-state index contributed by atoms with van der Waals surface area (Å²) in [6, 6.07) is 13.0. The van der Waals surface area contributed by atoms with E-state index in [-0.39, 0.29) is 18.1 Å². The number of rotatable bonds is 4. The predicted octanol–water partition coefficient (Wildman–Crippen LogP) is 5.70. The first-order valence-electron chi connectivity index (χ1n) is 11.6. The van der Waals surface area contributed by atoms with E-state index in [1.807, 2.05) is 54.3 Å². The van der Waals surface area contributed by atoms with Gasteiger partial charge in [0.1, 0.15) is 11.6 Å². The van der Waals surface area contributed by atoms with Crippen LogP contribution >= 0.6 is 23.2 Å². The minimum Gasteiger partial charge on any atom is -0.493 e. The third-order valence-electron chi connectivity index (χ3n) is 6.57. The zero-order valence-electron chi connectivity index (χ0n) is 19.0. The van der Waals surface area contributed by atoms with Crippen LogP contribution in [0.2, 0.25) is 10.0 Å². The quantitative estimate of drug-likeness (QED) is 0.499. The lowest BCUT2D eigenvalue weighted by Gasteiger charge is -2.28. The number of fused-ring (bicyclic) bond motifs is 1. The molecule has 34 heavy (non-hydrogen) atoms. The van der Waals surface area contributed by atoms with E-state index in [4.69, 9.17) is 27.9 Å². The summed E-state index contributed by atoms with van der Waals surface area (Å²) in [7, 11) is 0. The highest BCUT2D eigenvalue weighted by Crippen LogP contribution is 2.36. The minimum atomic E-state index is -0.154. The summed E-state index contributed by atoms with van der Waals surface area (Å²) in [5.41, 5.74) is 2.03. The van der Waals surface area contributed by atoms with Gasteiger partial charge in [0.25, 0.3) is 0 Å². The Labute approximate surface area is 209 Å². The van der Waals surface area contributed by atoms with Crippen molar-refractivity contribution in [2.24, 2.45) is 0 Å². The Morgan fingerprint density at radius 2 is 1.88 bits per heavy atom. The van der Waals surface area contributed by atoms with E-state index in [9.17, 15) is 4.79 Å². The number of amides is 2. The summed E-state index contributed by atoms with van der Waals surface area (Å²) in [6.45, 7) is 3.87. The highest BCUT2D eigenvalue weighted by Gasteiger charge is 2.35. The topological polar surface area (TPSA) is 72.3 Å². The molecular formula is C25H27Cl2N5O2. The number of urea groups is 1. The van der Waals surface area contributed by atoms with Gasteiger partial charge in [-0.1, -0.05) is 35.3 Å². The van der Waals surface area contributed by atoms with E-state index in [2.05, 4.69) is 20.1 Å². The molecule has 0 spiro atoms. The number of hydrogen-bond donors (Lipinski definition) is 1. The van der Waals surface area contributed by atoms with E-state index < -0.39 is 0 Å². The molecule has 3 aromatic rings. The molecule has 2 amide bonds. The summed E-state index contributed by atoms with van der Waals surface area (Å²) >= 11 is 12.3. The van der Waals surface area contributed by atoms with Crippen LogP contribution in [0.5, 0.6) is 5.75 Å². The van der Waals surface area contributed by atoms with Crippen LogP contribution in [-0.2, 0) is 6.54 Å². The summed E-state index contributed by atoms with van der Waals surface area (Å²) < 4.78 is 7.95. The second-order valence-corrected chi connectivity index (χ2v) is 9.72. The molecule has 0 aliphatic carbocycles. The lowest BCUT2D eigenvalue weighted by Crippen LogP contribution is -2.41. The number of nitrogens with zero attached hydrogens (tertiary/aromatic N) is 4. The fourth-order valence-corrected chi connectivity index (χ4v) is 5.13. The average Bonchev–Trinajstić information content (AvgIpc) is 3.39. The molecule has 7 nitrogen and oxygen atoms in total. The van der Waals surface area contributed by atoms with Crippen LogP contribution in [0.4, 0.5) is 4.79 Å². The zero-order valence-corrected chi connectivity index (χ0v) is 20.5. The summed E-state index contributed by atoms with van der Waals surface area (Å²) in [5, 5.41) is 13.4. The number of carbonyl (C=O) groups is 1. The smallest absolute Gasteiger partial charge is 0.318 e. The lowest BCUT2D eigenvalue weighted by molar-refractivity contribution is 0.185. The summed E-state index contributed by atoms with van der Waals surface area (Å²) in [5.74, 6) is 2.41. The number of likely N-dealkylation sites (tertiary alicyclic amines) is 1. The highest BCUT2D eigenvalue weighted by atomic mass is 35.5. The molecule has 5 rings (SSSR count). The Balaban J connectivity index is 1.37. The number of aromatic nitrogens is 3. The van der Waals surface area contributed by atoms with Gasteiger partial charge < -0.3 is 19.5 Å². The van der Waals surface area contributed by atoms with Crippen LogP contribution in [0.3, 0.4) is 0 Å². The molecule has 1 aromatic heterocycles. The van der Waals surface area contributed by atoms with E-state index in [1.54, 1.807) is 0 Å². The number of hydrogen-bond acceptors (Lipinski definition) is 4. The lowest BCUT2D eigenvalue weighted by atomic mass is 10.0. The fourth-order valence-electron chi connectivity index (χ4n) is 4.82. The third kappa shape index (κ3) is 4.72. The summed E-state index contributed by atoms with van der Waals surface area (Å²) in [4.78, 5) is 15.4. The van der Waals surface area contributed by atoms with Crippen molar-refractivity contribution in [3.8, 4) is 5.75 Å². The normalized spacial score (nSPS) is 19.9. The first kappa shape index (κ1) is 23.0. The maximum absolute atomic E-state index is 13.5. The van der Waals surface area contributed by atoms with Crippen molar-refractivity contribution < 1.29 is 9.53 Å². The molecule has 2 atom stereocenters. The van der Waals surface area contributed by atoms with Gasteiger partial charge >= 0.3 is 6.03 Å². The van der Waals surface area contributed by atoms with E-state index in [0.717, 1.165) is 54.2 Å². The van der Waals surface area contributed by atoms with Crippen molar-refractivity contribution in [2.75, 3.05) is 13.2 Å². The third-order valence-corrected chi connectivity index (χ3v) is 7.06. The predicted molar refractivity (Wildman–Crippen MR) is 131 cm³/mol. The number of carbonyl (C=O) groups excluding carboxylic acids is 1. The Kier molecular flexibility index (Phi) is 6.66.